The first-order valence-corrected chi connectivity index (χ1v) is 6.33. The molecule has 2 aromatic rings. The molecule has 0 fully saturated rings. The number of hydrogen-bond acceptors (Lipinski definition) is 4. The zero-order valence-corrected chi connectivity index (χ0v) is 11.3. The number of rotatable bonds is 5. The van der Waals surface area contributed by atoms with Gasteiger partial charge in [0, 0.05) is 24.4 Å². The fourth-order valence-electron chi connectivity index (χ4n) is 1.60. The Labute approximate surface area is 111 Å². The molecule has 2 N–H and O–H groups in total. The topological polar surface area (TPSA) is 66.5 Å². The van der Waals surface area contributed by atoms with Gasteiger partial charge in [0.2, 0.25) is 0 Å². The number of imidazole rings is 1. The summed E-state index contributed by atoms with van der Waals surface area (Å²) in [5.41, 5.74) is 0.864. The maximum Gasteiger partial charge on any atom is 0.137 e. The van der Waals surface area contributed by atoms with E-state index in [2.05, 4.69) is 32.2 Å². The van der Waals surface area contributed by atoms with Crippen molar-refractivity contribution in [3.63, 3.8) is 0 Å². The SMILES string of the molecule is CCCc1nc(Cl)c(C)c(NCc2ncc[nH]2)n1. The molecule has 0 saturated carbocycles. The van der Waals surface area contributed by atoms with Crippen molar-refractivity contribution >= 4 is 17.4 Å². The van der Waals surface area contributed by atoms with E-state index in [-0.39, 0.29) is 0 Å². The van der Waals surface area contributed by atoms with Gasteiger partial charge in [-0.15, -0.1) is 0 Å². The molecule has 2 rings (SSSR count). The summed E-state index contributed by atoms with van der Waals surface area (Å²) in [7, 11) is 0. The second-order valence-corrected chi connectivity index (χ2v) is 4.40. The number of aromatic amines is 1. The largest absolute Gasteiger partial charge is 0.362 e. The van der Waals surface area contributed by atoms with Crippen LogP contribution in [0.25, 0.3) is 0 Å². The number of hydrogen-bond donors (Lipinski definition) is 2. The lowest BCUT2D eigenvalue weighted by Gasteiger charge is -2.10. The van der Waals surface area contributed by atoms with Gasteiger partial charge in [-0.25, -0.2) is 15.0 Å². The molecule has 2 aromatic heterocycles. The van der Waals surface area contributed by atoms with Gasteiger partial charge in [0.15, 0.2) is 0 Å². The van der Waals surface area contributed by atoms with Gasteiger partial charge in [-0.3, -0.25) is 0 Å². The van der Waals surface area contributed by atoms with Gasteiger partial charge in [0.25, 0.3) is 0 Å². The van der Waals surface area contributed by atoms with E-state index in [0.717, 1.165) is 35.9 Å². The molecule has 0 radical (unpaired) electrons. The molecule has 0 atom stereocenters. The normalized spacial score (nSPS) is 10.6. The molecule has 0 spiro atoms. The van der Waals surface area contributed by atoms with Gasteiger partial charge < -0.3 is 10.3 Å². The average Bonchev–Trinajstić information content (AvgIpc) is 2.85. The number of aryl methyl sites for hydroxylation is 1. The molecule has 96 valence electrons. The van der Waals surface area contributed by atoms with E-state index in [0.29, 0.717) is 11.7 Å². The van der Waals surface area contributed by atoms with Crippen LogP contribution < -0.4 is 5.32 Å². The van der Waals surface area contributed by atoms with E-state index in [1.165, 1.54) is 0 Å². The molecule has 0 aliphatic carbocycles. The highest BCUT2D eigenvalue weighted by atomic mass is 35.5. The zero-order chi connectivity index (χ0) is 13.0. The number of nitrogens with zero attached hydrogens (tertiary/aromatic N) is 3. The van der Waals surface area contributed by atoms with Crippen molar-refractivity contribution in [2.24, 2.45) is 0 Å². The number of anilines is 1. The van der Waals surface area contributed by atoms with E-state index < -0.39 is 0 Å². The summed E-state index contributed by atoms with van der Waals surface area (Å²) in [5, 5.41) is 3.74. The Morgan fingerprint density at radius 1 is 1.39 bits per heavy atom. The van der Waals surface area contributed by atoms with Crippen LogP contribution in [0.3, 0.4) is 0 Å². The number of H-pyrrole nitrogens is 1. The minimum Gasteiger partial charge on any atom is -0.362 e. The Kier molecular flexibility index (Phi) is 4.15. The number of halogens is 1. The van der Waals surface area contributed by atoms with Crippen LogP contribution in [0.2, 0.25) is 5.15 Å². The van der Waals surface area contributed by atoms with Crippen LogP contribution in [-0.4, -0.2) is 19.9 Å². The van der Waals surface area contributed by atoms with E-state index in [4.69, 9.17) is 11.6 Å². The van der Waals surface area contributed by atoms with Crippen LogP contribution >= 0.6 is 11.6 Å². The monoisotopic (exact) mass is 265 g/mol. The first-order chi connectivity index (χ1) is 8.70. The lowest BCUT2D eigenvalue weighted by molar-refractivity contribution is 0.828. The molecule has 2 heterocycles. The lowest BCUT2D eigenvalue weighted by Crippen LogP contribution is -2.08. The summed E-state index contributed by atoms with van der Waals surface area (Å²) < 4.78 is 0. The van der Waals surface area contributed by atoms with E-state index in [1.54, 1.807) is 12.4 Å². The van der Waals surface area contributed by atoms with Crippen LogP contribution in [0.4, 0.5) is 5.82 Å². The molecule has 0 saturated heterocycles. The minimum absolute atomic E-state index is 0.510. The standard InChI is InChI=1S/C12H16ClN5/c1-3-4-9-17-11(13)8(2)12(18-9)16-7-10-14-5-6-15-10/h5-6H,3-4,7H2,1-2H3,(H,14,15)(H,16,17,18). The zero-order valence-electron chi connectivity index (χ0n) is 10.5. The Balaban J connectivity index is 2.15. The Morgan fingerprint density at radius 2 is 2.22 bits per heavy atom. The van der Waals surface area contributed by atoms with Gasteiger partial charge in [-0.1, -0.05) is 18.5 Å². The molecule has 0 unspecified atom stereocenters. The molecule has 5 nitrogen and oxygen atoms in total. The molecule has 0 aromatic carbocycles. The fourth-order valence-corrected chi connectivity index (χ4v) is 1.79. The summed E-state index contributed by atoms with van der Waals surface area (Å²) in [5.74, 6) is 2.41. The van der Waals surface area contributed by atoms with E-state index in [1.807, 2.05) is 6.92 Å². The summed E-state index contributed by atoms with van der Waals surface area (Å²) in [6, 6.07) is 0. The predicted molar refractivity (Wildman–Crippen MR) is 71.7 cm³/mol. The van der Waals surface area contributed by atoms with E-state index in [9.17, 15) is 0 Å². The number of nitrogens with one attached hydrogen (secondary N) is 2. The van der Waals surface area contributed by atoms with Gasteiger partial charge in [0.05, 0.1) is 6.54 Å². The van der Waals surface area contributed by atoms with Gasteiger partial charge in [0.1, 0.15) is 22.6 Å². The third kappa shape index (κ3) is 2.98. The van der Waals surface area contributed by atoms with Crippen LogP contribution in [0.1, 0.15) is 30.6 Å². The summed E-state index contributed by atoms with van der Waals surface area (Å²) in [6.07, 6.45) is 5.34. The van der Waals surface area contributed by atoms with Crippen LogP contribution in [-0.2, 0) is 13.0 Å². The van der Waals surface area contributed by atoms with Crippen molar-refractivity contribution in [1.29, 1.82) is 0 Å². The molecule has 6 heteroatoms. The highest BCUT2D eigenvalue weighted by Gasteiger charge is 2.09. The average molecular weight is 266 g/mol. The highest BCUT2D eigenvalue weighted by molar-refractivity contribution is 6.30. The number of aromatic nitrogens is 4. The van der Waals surface area contributed by atoms with Crippen molar-refractivity contribution in [1.82, 2.24) is 19.9 Å². The smallest absolute Gasteiger partial charge is 0.137 e. The first kappa shape index (κ1) is 12.8. The minimum atomic E-state index is 0.510. The van der Waals surface area contributed by atoms with Crippen molar-refractivity contribution in [3.05, 3.63) is 34.8 Å². The van der Waals surface area contributed by atoms with Gasteiger partial charge in [-0.05, 0) is 13.3 Å². The molecule has 0 aliphatic heterocycles. The Morgan fingerprint density at radius 3 is 2.89 bits per heavy atom. The summed E-state index contributed by atoms with van der Waals surface area (Å²) >= 11 is 6.10. The second kappa shape index (κ2) is 5.82. The quantitative estimate of drug-likeness (QED) is 0.816. The molecule has 0 aliphatic rings. The Bertz CT molecular complexity index is 509. The molecular formula is C12H16ClN5. The molecular weight excluding hydrogens is 250 g/mol. The second-order valence-electron chi connectivity index (χ2n) is 4.04. The van der Waals surface area contributed by atoms with Crippen LogP contribution in [0.5, 0.6) is 0 Å². The lowest BCUT2D eigenvalue weighted by atomic mass is 10.3. The maximum absolute atomic E-state index is 6.10. The molecule has 0 amide bonds. The first-order valence-electron chi connectivity index (χ1n) is 5.95. The van der Waals surface area contributed by atoms with Gasteiger partial charge >= 0.3 is 0 Å². The summed E-state index contributed by atoms with van der Waals surface area (Å²) in [4.78, 5) is 15.9. The van der Waals surface area contributed by atoms with Gasteiger partial charge in [-0.2, -0.15) is 0 Å². The molecule has 0 bridgehead atoms. The molecule has 18 heavy (non-hydrogen) atoms. The fraction of sp³-hybridized carbons (Fsp3) is 0.417. The van der Waals surface area contributed by atoms with Crippen molar-refractivity contribution in [2.75, 3.05) is 5.32 Å². The third-order valence-electron chi connectivity index (χ3n) is 2.58. The van der Waals surface area contributed by atoms with Crippen molar-refractivity contribution in [2.45, 2.75) is 33.2 Å². The van der Waals surface area contributed by atoms with Crippen molar-refractivity contribution in [3.8, 4) is 0 Å². The Hall–Kier alpha value is -1.62. The predicted octanol–water partition coefficient (Wildman–Crippen LogP) is 2.73. The third-order valence-corrected chi connectivity index (χ3v) is 2.95. The van der Waals surface area contributed by atoms with Crippen LogP contribution in [0.15, 0.2) is 12.4 Å². The van der Waals surface area contributed by atoms with Crippen LogP contribution in [0, 0.1) is 6.92 Å². The summed E-state index contributed by atoms with van der Waals surface area (Å²) in [6.45, 7) is 4.59. The van der Waals surface area contributed by atoms with E-state index >= 15 is 0 Å². The highest BCUT2D eigenvalue weighted by Crippen LogP contribution is 2.20. The maximum atomic E-state index is 6.10. The van der Waals surface area contributed by atoms with Crippen molar-refractivity contribution < 1.29 is 0 Å².